The van der Waals surface area contributed by atoms with Crippen LogP contribution in [0.25, 0.3) is 17.2 Å². The van der Waals surface area contributed by atoms with Crippen molar-refractivity contribution in [1.82, 2.24) is 35.2 Å². The van der Waals surface area contributed by atoms with Crippen LogP contribution in [-0.2, 0) is 16.1 Å². The molecule has 1 saturated heterocycles. The summed E-state index contributed by atoms with van der Waals surface area (Å²) in [7, 11) is 0. The van der Waals surface area contributed by atoms with Crippen molar-refractivity contribution < 1.29 is 14.4 Å². The van der Waals surface area contributed by atoms with E-state index in [1.165, 1.54) is 4.90 Å². The molecule has 0 radical (unpaired) electrons. The van der Waals surface area contributed by atoms with Crippen molar-refractivity contribution in [2.45, 2.75) is 39.3 Å². The highest BCUT2D eigenvalue weighted by atomic mass is 16.2. The molecule has 2 aliphatic heterocycles. The highest BCUT2D eigenvalue weighted by molar-refractivity contribution is 6.05. The van der Waals surface area contributed by atoms with E-state index in [1.807, 2.05) is 32.0 Å². The fourth-order valence-electron chi connectivity index (χ4n) is 4.02. The number of benzene rings is 1. The van der Waals surface area contributed by atoms with Gasteiger partial charge in [-0.1, -0.05) is 11.3 Å². The van der Waals surface area contributed by atoms with Crippen molar-refractivity contribution in [1.29, 1.82) is 0 Å². The number of amides is 3. The zero-order chi connectivity index (χ0) is 21.7. The van der Waals surface area contributed by atoms with Gasteiger partial charge in [-0.3, -0.25) is 19.7 Å². The molecule has 10 heteroatoms. The van der Waals surface area contributed by atoms with Crippen LogP contribution in [-0.4, -0.2) is 53.6 Å². The summed E-state index contributed by atoms with van der Waals surface area (Å²) >= 11 is 0. The fraction of sp³-hybridized carbons (Fsp3) is 0.286. The highest BCUT2D eigenvalue weighted by Crippen LogP contribution is 2.29. The molecule has 156 valence electrons. The molecular weight excluding hydrogens is 398 g/mol. The quantitative estimate of drug-likeness (QED) is 0.633. The minimum Gasteiger partial charge on any atom is -0.322 e. The second kappa shape index (κ2) is 7.08. The number of aromatic nitrogens is 5. The predicted octanol–water partition coefficient (Wildman–Crippen LogP) is 1.10. The van der Waals surface area contributed by atoms with E-state index in [0.717, 1.165) is 17.0 Å². The second-order valence-corrected chi connectivity index (χ2v) is 7.76. The first-order chi connectivity index (χ1) is 14.9. The number of piperidine rings is 1. The number of imide groups is 1. The maximum atomic E-state index is 13.0. The van der Waals surface area contributed by atoms with Gasteiger partial charge in [-0.25, -0.2) is 14.6 Å². The van der Waals surface area contributed by atoms with Crippen molar-refractivity contribution in [2.75, 3.05) is 0 Å². The molecule has 10 nitrogen and oxygen atoms in total. The van der Waals surface area contributed by atoms with E-state index in [4.69, 9.17) is 0 Å². The third kappa shape index (κ3) is 3.35. The summed E-state index contributed by atoms with van der Waals surface area (Å²) < 4.78 is 1.57. The molecule has 2 aliphatic rings. The number of nitrogens with one attached hydrogen (secondary N) is 1. The number of nitrogens with zero attached hydrogens (tertiary/aromatic N) is 6. The number of aryl methyl sites for hydroxylation is 2. The lowest BCUT2D eigenvalue weighted by molar-refractivity contribution is -0.136. The summed E-state index contributed by atoms with van der Waals surface area (Å²) in [6, 6.07) is 6.68. The number of fused-ring (bicyclic) bond motifs is 1. The molecule has 31 heavy (non-hydrogen) atoms. The largest absolute Gasteiger partial charge is 0.322 e. The lowest BCUT2D eigenvalue weighted by atomic mass is 10.0. The molecule has 1 atom stereocenters. The Morgan fingerprint density at radius 2 is 1.84 bits per heavy atom. The first kappa shape index (κ1) is 19.0. The first-order valence-corrected chi connectivity index (χ1v) is 9.92. The molecule has 5 rings (SSSR count). The summed E-state index contributed by atoms with van der Waals surface area (Å²) in [4.78, 5) is 47.0. The maximum absolute atomic E-state index is 13.0. The van der Waals surface area contributed by atoms with Gasteiger partial charge in [-0.05, 0) is 44.0 Å². The lowest BCUT2D eigenvalue weighted by Gasteiger charge is -2.29. The van der Waals surface area contributed by atoms with Gasteiger partial charge in [0.1, 0.15) is 6.04 Å². The van der Waals surface area contributed by atoms with Gasteiger partial charge in [-0.2, -0.15) is 0 Å². The Labute approximate surface area is 177 Å². The zero-order valence-corrected chi connectivity index (χ0v) is 17.0. The van der Waals surface area contributed by atoms with Crippen LogP contribution in [0.4, 0.5) is 0 Å². The van der Waals surface area contributed by atoms with Crippen LogP contribution >= 0.6 is 0 Å². The predicted molar refractivity (Wildman–Crippen MR) is 108 cm³/mol. The molecule has 3 amide bonds. The molecule has 0 aliphatic carbocycles. The molecule has 1 unspecified atom stereocenters. The Morgan fingerprint density at radius 3 is 2.58 bits per heavy atom. The van der Waals surface area contributed by atoms with E-state index in [1.54, 1.807) is 16.9 Å². The summed E-state index contributed by atoms with van der Waals surface area (Å²) in [5.41, 5.74) is 4.23. The molecule has 2 aromatic heterocycles. The average molecular weight is 417 g/mol. The molecule has 1 fully saturated rings. The van der Waals surface area contributed by atoms with Gasteiger partial charge in [0.15, 0.2) is 11.5 Å². The average Bonchev–Trinajstić information content (AvgIpc) is 3.33. The Kier molecular flexibility index (Phi) is 4.35. The van der Waals surface area contributed by atoms with Crippen molar-refractivity contribution >= 4 is 17.7 Å². The van der Waals surface area contributed by atoms with Crippen LogP contribution in [0, 0.1) is 13.8 Å². The molecule has 1 N–H and O–H groups in total. The van der Waals surface area contributed by atoms with E-state index in [0.29, 0.717) is 35.7 Å². The number of rotatable bonds is 3. The van der Waals surface area contributed by atoms with Crippen molar-refractivity contribution in [3.8, 4) is 17.2 Å². The van der Waals surface area contributed by atoms with Crippen LogP contribution in [0.2, 0.25) is 0 Å². The van der Waals surface area contributed by atoms with E-state index in [9.17, 15) is 14.4 Å². The van der Waals surface area contributed by atoms with Crippen LogP contribution in [0.1, 0.15) is 40.2 Å². The molecule has 3 aromatic rings. The van der Waals surface area contributed by atoms with Gasteiger partial charge < -0.3 is 4.90 Å². The number of hydrogen-bond acceptors (Lipinski definition) is 7. The van der Waals surface area contributed by atoms with E-state index in [2.05, 4.69) is 25.6 Å². The third-order valence-corrected chi connectivity index (χ3v) is 5.48. The van der Waals surface area contributed by atoms with Gasteiger partial charge >= 0.3 is 0 Å². The normalized spacial score (nSPS) is 18.3. The van der Waals surface area contributed by atoms with Gasteiger partial charge in [0.25, 0.3) is 5.91 Å². The van der Waals surface area contributed by atoms with Gasteiger partial charge in [0, 0.05) is 29.9 Å². The van der Waals surface area contributed by atoms with Crippen LogP contribution in [0.5, 0.6) is 0 Å². The van der Waals surface area contributed by atoms with Crippen LogP contribution < -0.4 is 5.32 Å². The summed E-state index contributed by atoms with van der Waals surface area (Å²) in [5, 5.41) is 10.6. The van der Waals surface area contributed by atoms with Gasteiger partial charge in [0.2, 0.25) is 11.8 Å². The molecule has 0 spiro atoms. The molecule has 0 saturated carbocycles. The summed E-state index contributed by atoms with van der Waals surface area (Å²) in [5.74, 6) is -0.469. The third-order valence-electron chi connectivity index (χ3n) is 5.48. The smallest absolute Gasteiger partial charge is 0.255 e. The fourth-order valence-corrected chi connectivity index (χ4v) is 4.02. The lowest BCUT2D eigenvalue weighted by Crippen LogP contribution is -2.52. The molecule has 0 bridgehead atoms. The number of carbonyl (C=O) groups excluding carboxylic acids is 3. The Morgan fingerprint density at radius 1 is 1.06 bits per heavy atom. The van der Waals surface area contributed by atoms with E-state index < -0.39 is 11.9 Å². The van der Waals surface area contributed by atoms with Crippen LogP contribution in [0.3, 0.4) is 0 Å². The van der Waals surface area contributed by atoms with E-state index >= 15 is 0 Å². The summed E-state index contributed by atoms with van der Waals surface area (Å²) in [6.45, 7) is 4.12. The standard InChI is InChI=1S/C21H19N7O3/c1-11-7-12(2)23-19(22-11)16-10-28(26-25-16)14-4-3-13-9-27(21(31)15(13)8-14)17-5-6-18(29)24-20(17)30/h3-4,7-8,10,17H,5-6,9H2,1-2H3,(H,24,29,30). The van der Waals surface area contributed by atoms with Gasteiger partial charge in [-0.15, -0.1) is 5.10 Å². The Bertz CT molecular complexity index is 1230. The van der Waals surface area contributed by atoms with Gasteiger partial charge in [0.05, 0.1) is 11.9 Å². The first-order valence-electron chi connectivity index (χ1n) is 9.92. The van der Waals surface area contributed by atoms with Crippen molar-refractivity contribution in [3.05, 3.63) is 53.0 Å². The highest BCUT2D eigenvalue weighted by Gasteiger charge is 2.39. The number of hydrogen-bond donors (Lipinski definition) is 1. The van der Waals surface area contributed by atoms with Crippen LogP contribution in [0.15, 0.2) is 30.5 Å². The monoisotopic (exact) mass is 417 g/mol. The molecule has 1 aromatic carbocycles. The van der Waals surface area contributed by atoms with E-state index in [-0.39, 0.29) is 18.2 Å². The Balaban J connectivity index is 1.42. The minimum absolute atomic E-state index is 0.226. The molecular formula is C21H19N7O3. The SMILES string of the molecule is Cc1cc(C)nc(-c2cn(-c3ccc4c(c3)C(=O)N(C3CCC(=O)NC3=O)C4)nn2)n1. The van der Waals surface area contributed by atoms with Crippen molar-refractivity contribution in [2.24, 2.45) is 0 Å². The summed E-state index contributed by atoms with van der Waals surface area (Å²) in [6.07, 6.45) is 2.27. The minimum atomic E-state index is -0.638. The second-order valence-electron chi connectivity index (χ2n) is 7.76. The zero-order valence-electron chi connectivity index (χ0n) is 17.0. The maximum Gasteiger partial charge on any atom is 0.255 e. The topological polar surface area (TPSA) is 123 Å². The Hall–Kier alpha value is -3.95. The molecule has 4 heterocycles. The number of carbonyl (C=O) groups is 3. The van der Waals surface area contributed by atoms with Crippen molar-refractivity contribution in [3.63, 3.8) is 0 Å².